The number of halogens is 3. The van der Waals surface area contributed by atoms with Crippen LogP contribution in [0.2, 0.25) is 5.02 Å². The minimum Gasteiger partial charge on any atom is -0.507 e. The van der Waals surface area contributed by atoms with Crippen molar-refractivity contribution in [1.82, 2.24) is 5.32 Å². The van der Waals surface area contributed by atoms with Gasteiger partial charge in [-0.25, -0.2) is 13.6 Å². The normalized spacial score (nSPS) is 22.2. The maximum absolute atomic E-state index is 13.7. The number of ether oxygens (including phenoxy) is 1. The molecule has 0 unspecified atom stereocenters. The molecule has 1 aromatic rings. The van der Waals surface area contributed by atoms with E-state index in [1.54, 1.807) is 0 Å². The van der Waals surface area contributed by atoms with Gasteiger partial charge in [-0.1, -0.05) is 11.6 Å². The Morgan fingerprint density at radius 2 is 2.22 bits per heavy atom. The van der Waals surface area contributed by atoms with E-state index in [9.17, 15) is 18.7 Å². The highest BCUT2D eigenvalue weighted by atomic mass is 35.5. The van der Waals surface area contributed by atoms with Crippen molar-refractivity contribution in [3.8, 4) is 5.75 Å². The molecule has 1 aromatic carbocycles. The molecule has 1 heterocycles. The minimum atomic E-state index is -3.32. The fourth-order valence-electron chi connectivity index (χ4n) is 1.80. The molecule has 2 rings (SSSR count). The van der Waals surface area contributed by atoms with Gasteiger partial charge >= 0.3 is 12.0 Å². The maximum atomic E-state index is 13.7. The molecule has 0 radical (unpaired) electrons. The molecule has 1 saturated heterocycles. The van der Waals surface area contributed by atoms with Crippen molar-refractivity contribution in [2.45, 2.75) is 18.9 Å². The first-order chi connectivity index (χ1) is 8.31. The number of aryl methyl sites for hydroxylation is 1. The molecule has 1 aliphatic rings. The lowest BCUT2D eigenvalue weighted by atomic mass is 9.97. The van der Waals surface area contributed by atoms with E-state index in [0.717, 1.165) is 0 Å². The van der Waals surface area contributed by atoms with E-state index < -0.39 is 24.7 Å². The van der Waals surface area contributed by atoms with Gasteiger partial charge in [0.05, 0.1) is 0 Å². The Hall–Kier alpha value is -1.56. The molecule has 1 amide bonds. The SMILES string of the molecule is Cc1cc(Cl)cc([C@H]2NC(=O)OCC2(F)F)c1O. The highest BCUT2D eigenvalue weighted by Gasteiger charge is 2.48. The smallest absolute Gasteiger partial charge is 0.408 e. The van der Waals surface area contributed by atoms with Crippen molar-refractivity contribution < 1.29 is 23.4 Å². The molecule has 18 heavy (non-hydrogen) atoms. The summed E-state index contributed by atoms with van der Waals surface area (Å²) in [6.07, 6.45) is -0.956. The van der Waals surface area contributed by atoms with E-state index in [-0.39, 0.29) is 16.3 Å². The van der Waals surface area contributed by atoms with E-state index >= 15 is 0 Å². The fraction of sp³-hybridized carbons (Fsp3) is 0.364. The van der Waals surface area contributed by atoms with Crippen molar-refractivity contribution in [3.05, 3.63) is 28.3 Å². The molecule has 2 N–H and O–H groups in total. The summed E-state index contributed by atoms with van der Waals surface area (Å²) in [5.74, 6) is -3.63. The molecule has 7 heteroatoms. The van der Waals surface area contributed by atoms with E-state index in [1.807, 2.05) is 5.32 Å². The molecule has 98 valence electrons. The Kier molecular flexibility index (Phi) is 3.06. The molecular weight excluding hydrogens is 268 g/mol. The summed E-state index contributed by atoms with van der Waals surface area (Å²) in [6.45, 7) is 0.499. The zero-order valence-corrected chi connectivity index (χ0v) is 10.1. The van der Waals surface area contributed by atoms with Crippen LogP contribution in [0.5, 0.6) is 5.75 Å². The fourth-order valence-corrected chi connectivity index (χ4v) is 2.08. The van der Waals surface area contributed by atoms with Gasteiger partial charge in [-0.15, -0.1) is 0 Å². The molecule has 0 bridgehead atoms. The molecule has 0 aliphatic carbocycles. The molecule has 0 saturated carbocycles. The minimum absolute atomic E-state index is 0.123. The number of nitrogens with one attached hydrogen (secondary N) is 1. The van der Waals surface area contributed by atoms with Crippen LogP contribution in [-0.2, 0) is 4.74 Å². The largest absolute Gasteiger partial charge is 0.507 e. The number of hydrogen-bond donors (Lipinski definition) is 2. The van der Waals surface area contributed by atoms with Crippen LogP contribution in [0.3, 0.4) is 0 Å². The molecule has 1 atom stereocenters. The van der Waals surface area contributed by atoms with Crippen LogP contribution in [0.25, 0.3) is 0 Å². The van der Waals surface area contributed by atoms with E-state index in [2.05, 4.69) is 4.74 Å². The number of aromatic hydroxyl groups is 1. The third-order valence-electron chi connectivity index (χ3n) is 2.69. The number of cyclic esters (lactones) is 1. The van der Waals surface area contributed by atoms with Gasteiger partial charge < -0.3 is 15.2 Å². The quantitative estimate of drug-likeness (QED) is 0.830. The first-order valence-corrected chi connectivity index (χ1v) is 5.49. The number of carbonyl (C=O) groups is 1. The molecule has 0 spiro atoms. The first-order valence-electron chi connectivity index (χ1n) is 5.11. The van der Waals surface area contributed by atoms with Crippen LogP contribution in [0.1, 0.15) is 17.2 Å². The highest BCUT2D eigenvalue weighted by molar-refractivity contribution is 6.30. The standard InChI is InChI=1S/C11H10ClF2NO3/c1-5-2-6(12)3-7(8(5)16)9-11(13,14)4-18-10(17)15-9/h2-3,9,16H,4H2,1H3,(H,15,17)/t9-/m1/s1. The van der Waals surface area contributed by atoms with Crippen molar-refractivity contribution in [2.75, 3.05) is 6.61 Å². The maximum Gasteiger partial charge on any atom is 0.408 e. The van der Waals surface area contributed by atoms with Crippen LogP contribution in [-0.4, -0.2) is 23.7 Å². The van der Waals surface area contributed by atoms with Crippen LogP contribution in [0.15, 0.2) is 12.1 Å². The lowest BCUT2D eigenvalue weighted by Gasteiger charge is -2.32. The predicted molar refractivity (Wildman–Crippen MR) is 60.0 cm³/mol. The average molecular weight is 278 g/mol. The lowest BCUT2D eigenvalue weighted by molar-refractivity contribution is -0.104. The van der Waals surface area contributed by atoms with Crippen LogP contribution in [0.4, 0.5) is 13.6 Å². The van der Waals surface area contributed by atoms with Crippen LogP contribution >= 0.6 is 11.6 Å². The second-order valence-electron chi connectivity index (χ2n) is 4.08. The predicted octanol–water partition coefficient (Wildman–Crippen LogP) is 2.77. The van der Waals surface area contributed by atoms with Crippen molar-refractivity contribution in [2.24, 2.45) is 0 Å². The molecule has 0 aromatic heterocycles. The van der Waals surface area contributed by atoms with Gasteiger partial charge in [0.2, 0.25) is 0 Å². The van der Waals surface area contributed by atoms with Crippen molar-refractivity contribution in [3.63, 3.8) is 0 Å². The van der Waals surface area contributed by atoms with Crippen LogP contribution in [0, 0.1) is 6.92 Å². The van der Waals surface area contributed by atoms with E-state index in [1.165, 1.54) is 19.1 Å². The number of phenols is 1. The van der Waals surface area contributed by atoms with E-state index in [4.69, 9.17) is 11.6 Å². The number of rotatable bonds is 1. The summed E-state index contributed by atoms with van der Waals surface area (Å²) in [5, 5.41) is 12.0. The number of alkyl carbamates (subject to hydrolysis) is 1. The lowest BCUT2D eigenvalue weighted by Crippen LogP contribution is -2.49. The summed E-state index contributed by atoms with van der Waals surface area (Å²) in [6, 6.07) is 0.990. The Balaban J connectivity index is 2.49. The first kappa shape index (κ1) is 12.9. The molecule has 1 fully saturated rings. The second kappa shape index (κ2) is 4.28. The van der Waals surface area contributed by atoms with Gasteiger partial charge in [0, 0.05) is 10.6 Å². The van der Waals surface area contributed by atoms with Crippen molar-refractivity contribution >= 4 is 17.7 Å². The van der Waals surface area contributed by atoms with Gasteiger partial charge in [0.15, 0.2) is 6.61 Å². The topological polar surface area (TPSA) is 58.6 Å². The second-order valence-corrected chi connectivity index (χ2v) is 4.51. The average Bonchev–Trinajstić information content (AvgIpc) is 2.27. The zero-order chi connectivity index (χ0) is 13.5. The van der Waals surface area contributed by atoms with Gasteiger partial charge in [0.1, 0.15) is 11.8 Å². The monoisotopic (exact) mass is 277 g/mol. The highest BCUT2D eigenvalue weighted by Crippen LogP contribution is 2.40. The Morgan fingerprint density at radius 1 is 1.56 bits per heavy atom. The Bertz CT molecular complexity index is 507. The number of phenolic OH excluding ortho intramolecular Hbond substituents is 1. The van der Waals surface area contributed by atoms with Gasteiger partial charge in [-0.05, 0) is 24.6 Å². The summed E-state index contributed by atoms with van der Waals surface area (Å²) < 4.78 is 31.6. The third kappa shape index (κ3) is 2.20. The molecule has 4 nitrogen and oxygen atoms in total. The number of amides is 1. The van der Waals surface area contributed by atoms with Gasteiger partial charge in [0.25, 0.3) is 0 Å². The number of hydrogen-bond acceptors (Lipinski definition) is 3. The summed E-state index contributed by atoms with van der Waals surface area (Å²) in [4.78, 5) is 11.0. The van der Waals surface area contributed by atoms with E-state index in [0.29, 0.717) is 5.56 Å². The molecular formula is C11H10ClF2NO3. The number of benzene rings is 1. The Labute approximate surface area is 107 Å². The molecule has 1 aliphatic heterocycles. The van der Waals surface area contributed by atoms with Gasteiger partial charge in [-0.3, -0.25) is 0 Å². The Morgan fingerprint density at radius 3 is 2.89 bits per heavy atom. The third-order valence-corrected chi connectivity index (χ3v) is 2.90. The van der Waals surface area contributed by atoms with Crippen molar-refractivity contribution in [1.29, 1.82) is 0 Å². The van der Waals surface area contributed by atoms with Gasteiger partial charge in [-0.2, -0.15) is 0 Å². The zero-order valence-electron chi connectivity index (χ0n) is 9.34. The summed E-state index contributed by atoms with van der Waals surface area (Å²) >= 11 is 5.77. The number of carbonyl (C=O) groups excluding carboxylic acids is 1. The summed E-state index contributed by atoms with van der Waals surface area (Å²) in [7, 11) is 0. The van der Waals surface area contributed by atoms with Crippen LogP contribution < -0.4 is 5.32 Å². The number of alkyl halides is 2. The summed E-state index contributed by atoms with van der Waals surface area (Å²) in [5.41, 5.74) is 0.232.